The van der Waals surface area contributed by atoms with Crippen LogP contribution in [0.25, 0.3) is 21.8 Å². The fourth-order valence-electron chi connectivity index (χ4n) is 1.68. The van der Waals surface area contributed by atoms with Gasteiger partial charge in [0.15, 0.2) is 0 Å². The van der Waals surface area contributed by atoms with Crippen LogP contribution in [-0.2, 0) is 0 Å². The van der Waals surface area contributed by atoms with E-state index in [4.69, 9.17) is 0 Å². The van der Waals surface area contributed by atoms with Gasteiger partial charge in [0, 0.05) is 49.4 Å². The number of aromatic nitrogens is 2. The summed E-state index contributed by atoms with van der Waals surface area (Å²) in [5, 5.41) is 2.28. The van der Waals surface area contributed by atoms with Crippen molar-refractivity contribution in [3.63, 3.8) is 0 Å². The van der Waals surface area contributed by atoms with Crippen LogP contribution in [0, 0.1) is 0 Å². The molecule has 3 rings (SSSR count). The number of hydrogen-bond donors (Lipinski definition) is 0. The Bertz CT molecular complexity index is 558. The summed E-state index contributed by atoms with van der Waals surface area (Å²) in [5.41, 5.74) is 1.95. The minimum atomic E-state index is 0. The van der Waals surface area contributed by atoms with Crippen molar-refractivity contribution in [3.05, 3.63) is 48.8 Å². The van der Waals surface area contributed by atoms with E-state index < -0.39 is 0 Å². The summed E-state index contributed by atoms with van der Waals surface area (Å²) in [6.45, 7) is 0. The van der Waals surface area contributed by atoms with Crippen molar-refractivity contribution in [2.75, 3.05) is 0 Å². The molecule has 79 valence electrons. The Morgan fingerprint density at radius 2 is 1.12 bits per heavy atom. The molecule has 3 nitrogen and oxygen atoms in total. The van der Waals surface area contributed by atoms with E-state index in [9.17, 15) is 0 Å². The Hall–Kier alpha value is -1.12. The molecule has 0 fully saturated rings. The third kappa shape index (κ3) is 2.04. The van der Waals surface area contributed by atoms with Crippen LogP contribution in [0.1, 0.15) is 0 Å². The second-order valence-electron chi connectivity index (χ2n) is 3.22. The number of rotatable bonds is 0. The summed E-state index contributed by atoms with van der Waals surface area (Å²) in [7, 11) is 0. The van der Waals surface area contributed by atoms with Gasteiger partial charge in [-0.25, -0.2) is 0 Å². The van der Waals surface area contributed by atoms with Gasteiger partial charge in [0.25, 0.3) is 0 Å². The van der Waals surface area contributed by atoms with Gasteiger partial charge in [0.1, 0.15) is 0 Å². The Balaban J connectivity index is 0.000000640. The predicted octanol–water partition coefficient (Wildman–Crippen LogP) is 1.58. The summed E-state index contributed by atoms with van der Waals surface area (Å²) in [6.07, 6.45) is 3.60. The number of fused-ring (bicyclic) bond motifs is 3. The summed E-state index contributed by atoms with van der Waals surface area (Å²) in [6, 6.07) is 12.1. The molecule has 0 aliphatic heterocycles. The van der Waals surface area contributed by atoms with Crippen LogP contribution in [-0.4, -0.2) is 41.6 Å². The van der Waals surface area contributed by atoms with Crippen LogP contribution in [0.15, 0.2) is 48.8 Å². The van der Waals surface area contributed by atoms with Crippen molar-refractivity contribution in [3.8, 4) is 0 Å². The molecule has 3 radical (unpaired) electrons. The van der Waals surface area contributed by atoms with Gasteiger partial charge in [-0.05, 0) is 12.1 Å². The smallest absolute Gasteiger partial charge is 0.0964 e. The van der Waals surface area contributed by atoms with E-state index in [0.717, 1.165) is 21.8 Å². The van der Waals surface area contributed by atoms with Gasteiger partial charge in [-0.1, -0.05) is 24.3 Å². The normalized spacial score (nSPS) is 9.50. The fourth-order valence-corrected chi connectivity index (χ4v) is 1.68. The minimum absolute atomic E-state index is 0. The molecule has 0 amide bonds. The van der Waals surface area contributed by atoms with Gasteiger partial charge in [-0.2, -0.15) is 0 Å². The molecule has 0 unspecified atom stereocenters. The zero-order valence-electron chi connectivity index (χ0n) is 8.46. The first-order valence-electron chi connectivity index (χ1n) is 4.53. The third-order valence-electron chi connectivity index (χ3n) is 2.34. The molecule has 0 atom stereocenters. The molecule has 0 aliphatic carbocycles. The Morgan fingerprint density at radius 3 is 1.56 bits per heavy atom. The van der Waals surface area contributed by atoms with Crippen molar-refractivity contribution in [1.82, 2.24) is 9.97 Å². The van der Waals surface area contributed by atoms with Gasteiger partial charge < -0.3 is 5.48 Å². The Morgan fingerprint density at radius 1 is 0.688 bits per heavy atom. The van der Waals surface area contributed by atoms with E-state index in [0.29, 0.717) is 0 Å². The number of hydrogen-bond acceptors (Lipinski definition) is 2. The molecule has 2 aromatic heterocycles. The third-order valence-corrected chi connectivity index (χ3v) is 2.34. The van der Waals surface area contributed by atoms with Crippen molar-refractivity contribution < 1.29 is 5.48 Å². The molecule has 16 heavy (non-hydrogen) atoms. The molecule has 0 saturated heterocycles. The van der Waals surface area contributed by atoms with Gasteiger partial charge in [-0.3, -0.25) is 9.97 Å². The second-order valence-corrected chi connectivity index (χ2v) is 3.22. The zero-order chi connectivity index (χ0) is 9.38. The molecule has 0 spiro atoms. The molecule has 4 heteroatoms. The van der Waals surface area contributed by atoms with Crippen LogP contribution < -0.4 is 0 Å². The van der Waals surface area contributed by atoms with Crippen LogP contribution in [0.2, 0.25) is 0 Å². The summed E-state index contributed by atoms with van der Waals surface area (Å²) >= 11 is 0. The van der Waals surface area contributed by atoms with Crippen molar-refractivity contribution in [1.29, 1.82) is 0 Å². The maximum absolute atomic E-state index is 4.35. The minimum Gasteiger partial charge on any atom is -0.412 e. The largest absolute Gasteiger partial charge is 0.412 e. The first-order chi connectivity index (χ1) is 6.95. The van der Waals surface area contributed by atoms with Gasteiger partial charge in [0.05, 0.1) is 11.0 Å². The first kappa shape index (κ1) is 13.0. The topological polar surface area (TPSA) is 57.3 Å². The van der Waals surface area contributed by atoms with Crippen LogP contribution in [0.3, 0.4) is 0 Å². The molecule has 2 heterocycles. The van der Waals surface area contributed by atoms with Gasteiger partial charge in [-0.15, -0.1) is 0 Å². The zero-order valence-corrected chi connectivity index (χ0v) is 11.9. The molecule has 2 N–H and O–H groups in total. The summed E-state index contributed by atoms with van der Waals surface area (Å²) in [5.74, 6) is 0. The SMILES string of the molecule is O.[Bi].c1cnc2c(c1)ccc1cccnc12. The summed E-state index contributed by atoms with van der Waals surface area (Å²) < 4.78 is 0. The van der Waals surface area contributed by atoms with Crippen LogP contribution in [0.5, 0.6) is 0 Å². The average Bonchev–Trinajstić information content (AvgIpc) is 2.29. The average molecular weight is 407 g/mol. The molecule has 0 aliphatic rings. The fraction of sp³-hybridized carbons (Fsp3) is 0. The van der Waals surface area contributed by atoms with E-state index >= 15 is 0 Å². The van der Waals surface area contributed by atoms with Crippen molar-refractivity contribution in [2.24, 2.45) is 0 Å². The second kappa shape index (κ2) is 5.28. The van der Waals surface area contributed by atoms with Crippen molar-refractivity contribution >= 4 is 48.0 Å². The van der Waals surface area contributed by atoms with Gasteiger partial charge >= 0.3 is 0 Å². The molecular weight excluding hydrogens is 397 g/mol. The van der Waals surface area contributed by atoms with E-state index in [1.807, 2.05) is 12.1 Å². The van der Waals surface area contributed by atoms with E-state index in [2.05, 4.69) is 34.2 Å². The van der Waals surface area contributed by atoms with Crippen LogP contribution in [0.4, 0.5) is 0 Å². The van der Waals surface area contributed by atoms with Gasteiger partial charge in [0.2, 0.25) is 0 Å². The van der Waals surface area contributed by atoms with E-state index in [1.54, 1.807) is 12.4 Å². The van der Waals surface area contributed by atoms with E-state index in [-0.39, 0.29) is 31.7 Å². The maximum atomic E-state index is 4.35. The number of nitrogens with zero attached hydrogens (tertiary/aromatic N) is 2. The maximum Gasteiger partial charge on any atom is 0.0964 e. The number of pyridine rings is 2. The molecule has 1 aromatic carbocycles. The summed E-state index contributed by atoms with van der Waals surface area (Å²) in [4.78, 5) is 8.69. The number of benzene rings is 1. The molecule has 0 saturated carbocycles. The molecule has 3 aromatic rings. The van der Waals surface area contributed by atoms with Crippen molar-refractivity contribution in [2.45, 2.75) is 0 Å². The Kier molecular flexibility index (Phi) is 4.28. The predicted molar refractivity (Wildman–Crippen MR) is 66.4 cm³/mol. The monoisotopic (exact) mass is 407 g/mol. The van der Waals surface area contributed by atoms with E-state index in [1.165, 1.54) is 0 Å². The Labute approximate surface area is 112 Å². The quantitative estimate of drug-likeness (QED) is 0.420. The molecule has 0 bridgehead atoms. The van der Waals surface area contributed by atoms with Crippen LogP contribution >= 0.6 is 0 Å². The molecular formula is C12H10BiN2O. The standard InChI is InChI=1S/C12H8N2.Bi.H2O/c1-3-9-5-6-10-4-2-8-14-12(10)11(9)13-7-1;;/h1-8H;;1H2. The first-order valence-corrected chi connectivity index (χ1v) is 4.53.